The van der Waals surface area contributed by atoms with Crippen molar-refractivity contribution < 1.29 is 5.11 Å². The molecule has 1 heterocycles. The topological polar surface area (TPSA) is 37.5 Å². The van der Waals surface area contributed by atoms with Gasteiger partial charge >= 0.3 is 0 Å². The lowest BCUT2D eigenvalue weighted by atomic mass is 9.96. The molecule has 2 atom stereocenters. The van der Waals surface area contributed by atoms with E-state index >= 15 is 0 Å². The molecule has 0 bridgehead atoms. The van der Waals surface area contributed by atoms with E-state index in [1.54, 1.807) is 10.7 Å². The summed E-state index contributed by atoms with van der Waals surface area (Å²) in [4.78, 5) is 0. The highest BCUT2D eigenvalue weighted by atomic mass is 31.1. The van der Waals surface area contributed by atoms with E-state index in [1.165, 1.54) is 5.30 Å². The zero-order valence-electron chi connectivity index (χ0n) is 14.6. The molecule has 25 heavy (non-hydrogen) atoms. The number of hydrogen-bond donors (Lipinski definition) is 1. The van der Waals surface area contributed by atoms with E-state index < -0.39 is 0 Å². The van der Waals surface area contributed by atoms with Gasteiger partial charge in [-0.25, -0.2) is 4.68 Å². The third-order valence-electron chi connectivity index (χ3n) is 4.50. The zero-order chi connectivity index (χ0) is 17.7. The minimum absolute atomic E-state index is 0.108. The maximum atomic E-state index is 10.3. The minimum Gasteiger partial charge on any atom is -0.508 e. The number of phenols is 1. The number of hydrogen-bond acceptors (Lipinski definition) is 2. The van der Waals surface area contributed by atoms with Gasteiger partial charge < -0.3 is 5.11 Å². The van der Waals surface area contributed by atoms with Crippen molar-refractivity contribution in [2.75, 3.05) is 0 Å². The molecule has 2 unspecified atom stereocenters. The Morgan fingerprint density at radius 2 is 1.72 bits per heavy atom. The number of aromatic nitrogens is 1. The Balaban J connectivity index is 1.93. The molecule has 0 amide bonds. The van der Waals surface area contributed by atoms with Crippen LogP contribution in [0.4, 0.5) is 0 Å². The normalized spacial score (nSPS) is 14.3. The SMILES string of the molecule is CCC(C)(Pc1ccccc1/C=N/n1cccc1)c1ccccc1O. The van der Waals surface area contributed by atoms with Crippen LogP contribution in [0.2, 0.25) is 0 Å². The standard InChI is InChI=1S/C21H23N2OP/c1-3-21(2,18-11-5-6-12-19(18)24)25-20-13-7-4-10-17(20)16-22-23-14-8-9-15-23/h4-16,24-25H,3H2,1-2H3/b22-16+. The molecule has 4 heteroatoms. The van der Waals surface area contributed by atoms with Gasteiger partial charge in [-0.2, -0.15) is 5.10 Å². The summed E-state index contributed by atoms with van der Waals surface area (Å²) in [6.07, 6.45) is 6.69. The molecule has 0 saturated heterocycles. The molecule has 0 aliphatic rings. The van der Waals surface area contributed by atoms with Gasteiger partial charge in [0.1, 0.15) is 5.75 Å². The van der Waals surface area contributed by atoms with Crippen LogP contribution in [-0.4, -0.2) is 16.0 Å². The second-order valence-electron chi connectivity index (χ2n) is 6.22. The van der Waals surface area contributed by atoms with Gasteiger partial charge in [-0.3, -0.25) is 0 Å². The molecule has 0 spiro atoms. The Morgan fingerprint density at radius 3 is 2.44 bits per heavy atom. The van der Waals surface area contributed by atoms with E-state index in [0.717, 1.165) is 17.5 Å². The summed E-state index contributed by atoms with van der Waals surface area (Å²) >= 11 is 0. The van der Waals surface area contributed by atoms with Gasteiger partial charge in [0.05, 0.1) is 6.21 Å². The average Bonchev–Trinajstić information content (AvgIpc) is 3.15. The lowest BCUT2D eigenvalue weighted by Gasteiger charge is -2.30. The van der Waals surface area contributed by atoms with Crippen molar-refractivity contribution in [3.63, 3.8) is 0 Å². The lowest BCUT2D eigenvalue weighted by molar-refractivity contribution is 0.457. The fraction of sp³-hybridized carbons (Fsp3) is 0.190. The van der Waals surface area contributed by atoms with Gasteiger partial charge in [-0.1, -0.05) is 64.9 Å². The summed E-state index contributed by atoms with van der Waals surface area (Å²) in [6, 6.07) is 19.9. The van der Waals surface area contributed by atoms with Gasteiger partial charge in [-0.15, -0.1) is 0 Å². The number of para-hydroxylation sites is 1. The lowest BCUT2D eigenvalue weighted by Crippen LogP contribution is -2.20. The largest absolute Gasteiger partial charge is 0.508 e. The summed E-state index contributed by atoms with van der Waals surface area (Å²) in [5.74, 6) is 0.373. The molecule has 3 rings (SSSR count). The van der Waals surface area contributed by atoms with E-state index in [0.29, 0.717) is 14.3 Å². The van der Waals surface area contributed by atoms with Gasteiger partial charge in [0.2, 0.25) is 0 Å². The Morgan fingerprint density at radius 1 is 1.04 bits per heavy atom. The molecule has 3 nitrogen and oxygen atoms in total. The molecule has 128 valence electrons. The first kappa shape index (κ1) is 17.4. The van der Waals surface area contributed by atoms with Crippen molar-refractivity contribution in [3.05, 3.63) is 84.2 Å². The van der Waals surface area contributed by atoms with Crippen LogP contribution in [0.15, 0.2) is 78.2 Å². The predicted molar refractivity (Wildman–Crippen MR) is 108 cm³/mol. The van der Waals surface area contributed by atoms with Crippen molar-refractivity contribution in [2.24, 2.45) is 5.10 Å². The highest BCUT2D eigenvalue weighted by molar-refractivity contribution is 7.48. The fourth-order valence-electron chi connectivity index (χ4n) is 2.84. The van der Waals surface area contributed by atoms with Crippen molar-refractivity contribution in [3.8, 4) is 5.75 Å². The number of benzene rings is 2. The van der Waals surface area contributed by atoms with E-state index in [1.807, 2.05) is 55.0 Å². The molecule has 1 aromatic heterocycles. The van der Waals surface area contributed by atoms with Crippen LogP contribution in [0.5, 0.6) is 5.75 Å². The summed E-state index contributed by atoms with van der Waals surface area (Å²) in [5.41, 5.74) is 2.12. The molecular formula is C21H23N2OP. The summed E-state index contributed by atoms with van der Waals surface area (Å²) in [6.45, 7) is 4.40. The first-order valence-electron chi connectivity index (χ1n) is 8.45. The minimum atomic E-state index is -0.108. The van der Waals surface area contributed by atoms with Gasteiger partial charge in [0.25, 0.3) is 0 Å². The van der Waals surface area contributed by atoms with Crippen LogP contribution in [-0.2, 0) is 5.16 Å². The molecule has 0 aliphatic carbocycles. The molecule has 1 N–H and O–H groups in total. The monoisotopic (exact) mass is 350 g/mol. The highest BCUT2D eigenvalue weighted by Gasteiger charge is 2.28. The summed E-state index contributed by atoms with van der Waals surface area (Å²) in [7, 11) is 0.536. The van der Waals surface area contributed by atoms with E-state index in [2.05, 4.69) is 37.1 Å². The first-order chi connectivity index (χ1) is 12.1. The van der Waals surface area contributed by atoms with E-state index in [-0.39, 0.29) is 5.16 Å². The average molecular weight is 350 g/mol. The Kier molecular flexibility index (Phi) is 5.35. The smallest absolute Gasteiger partial charge is 0.119 e. The number of rotatable bonds is 6. The van der Waals surface area contributed by atoms with Crippen LogP contribution in [0.1, 0.15) is 31.4 Å². The quantitative estimate of drug-likeness (QED) is 0.508. The van der Waals surface area contributed by atoms with Gasteiger partial charge in [0.15, 0.2) is 0 Å². The number of phenolic OH excluding ortho intramolecular Hbond substituents is 1. The molecule has 0 aliphatic heterocycles. The first-order valence-corrected chi connectivity index (χ1v) is 9.45. The van der Waals surface area contributed by atoms with Crippen molar-refractivity contribution in [1.29, 1.82) is 0 Å². The van der Waals surface area contributed by atoms with Crippen LogP contribution in [0.25, 0.3) is 0 Å². The third kappa shape index (κ3) is 4.00. The van der Waals surface area contributed by atoms with E-state index in [4.69, 9.17) is 0 Å². The van der Waals surface area contributed by atoms with Crippen molar-refractivity contribution in [1.82, 2.24) is 4.68 Å². The fourth-order valence-corrected chi connectivity index (χ4v) is 4.43. The Labute approximate surface area is 150 Å². The maximum Gasteiger partial charge on any atom is 0.119 e. The van der Waals surface area contributed by atoms with Crippen LogP contribution < -0.4 is 5.30 Å². The predicted octanol–water partition coefficient (Wildman–Crippen LogP) is 4.71. The maximum absolute atomic E-state index is 10.3. The van der Waals surface area contributed by atoms with E-state index in [9.17, 15) is 5.11 Å². The molecule has 3 aromatic rings. The van der Waals surface area contributed by atoms with Gasteiger partial charge in [0, 0.05) is 28.7 Å². The van der Waals surface area contributed by atoms with Crippen molar-refractivity contribution in [2.45, 2.75) is 25.4 Å². The van der Waals surface area contributed by atoms with Crippen LogP contribution >= 0.6 is 8.58 Å². The second-order valence-corrected chi connectivity index (χ2v) is 8.11. The van der Waals surface area contributed by atoms with Crippen LogP contribution in [0, 0.1) is 0 Å². The molecule has 2 aromatic carbocycles. The number of aromatic hydroxyl groups is 1. The number of nitrogens with zero attached hydrogens (tertiary/aromatic N) is 2. The second kappa shape index (κ2) is 7.67. The molecule has 0 fully saturated rings. The third-order valence-corrected chi connectivity index (χ3v) is 6.40. The molecular weight excluding hydrogens is 327 g/mol. The van der Waals surface area contributed by atoms with Gasteiger partial charge in [-0.05, 0) is 29.9 Å². The van der Waals surface area contributed by atoms with Crippen molar-refractivity contribution >= 4 is 20.1 Å². The summed E-state index contributed by atoms with van der Waals surface area (Å²) < 4.78 is 1.79. The zero-order valence-corrected chi connectivity index (χ0v) is 15.6. The highest BCUT2D eigenvalue weighted by Crippen LogP contribution is 2.47. The van der Waals surface area contributed by atoms with Crippen LogP contribution in [0.3, 0.4) is 0 Å². The molecule has 0 radical (unpaired) electrons. The Hall–Kier alpha value is -2.38. The summed E-state index contributed by atoms with van der Waals surface area (Å²) in [5, 5.41) is 16.0. The molecule has 0 saturated carbocycles. The Bertz CT molecular complexity index is 858.